The van der Waals surface area contributed by atoms with Crippen molar-refractivity contribution in [2.24, 2.45) is 0 Å². The number of hydrogen-bond acceptors (Lipinski definition) is 5. The van der Waals surface area contributed by atoms with Crippen molar-refractivity contribution in [2.45, 2.75) is 32.8 Å². The van der Waals surface area contributed by atoms with Crippen LogP contribution in [0.4, 0.5) is 5.69 Å². The van der Waals surface area contributed by atoms with E-state index in [0.717, 1.165) is 5.56 Å². The number of anilines is 1. The predicted octanol–water partition coefficient (Wildman–Crippen LogP) is 3.84. The maximum absolute atomic E-state index is 12.2. The van der Waals surface area contributed by atoms with E-state index in [1.807, 2.05) is 18.2 Å². The molecule has 0 spiro atoms. The third-order valence-electron chi connectivity index (χ3n) is 3.81. The minimum Gasteiger partial charge on any atom is -0.493 e. The Kier molecular flexibility index (Phi) is 7.23. The number of hydrogen-bond donors (Lipinski definition) is 1. The molecule has 0 saturated carbocycles. The Morgan fingerprint density at radius 3 is 2.41 bits per heavy atom. The van der Waals surface area contributed by atoms with Gasteiger partial charge in [-0.05, 0) is 56.2 Å². The zero-order valence-corrected chi connectivity index (χ0v) is 16.1. The number of carbonyl (C=O) groups excluding carboxylic acids is 2. The number of rotatable bonds is 8. The van der Waals surface area contributed by atoms with Crippen LogP contribution in [0.25, 0.3) is 0 Å². The quantitative estimate of drug-likeness (QED) is 0.714. The van der Waals surface area contributed by atoms with Crippen LogP contribution in [0.15, 0.2) is 42.5 Å². The molecule has 0 aliphatic carbocycles. The van der Waals surface area contributed by atoms with Crippen LogP contribution >= 0.6 is 0 Å². The van der Waals surface area contributed by atoms with E-state index in [9.17, 15) is 9.59 Å². The molecule has 0 aliphatic rings. The van der Waals surface area contributed by atoms with E-state index in [0.29, 0.717) is 35.6 Å². The second-order valence-corrected chi connectivity index (χ2v) is 6.27. The first kappa shape index (κ1) is 20.3. The zero-order chi connectivity index (χ0) is 19.8. The van der Waals surface area contributed by atoms with Crippen molar-refractivity contribution >= 4 is 17.6 Å². The summed E-state index contributed by atoms with van der Waals surface area (Å²) in [5, 5.41) is 2.81. The fraction of sp³-hybridized carbons (Fsp3) is 0.333. The summed E-state index contributed by atoms with van der Waals surface area (Å²) in [6.07, 6.45) is 0.662. The molecule has 0 bridgehead atoms. The molecule has 0 radical (unpaired) electrons. The topological polar surface area (TPSA) is 73.9 Å². The standard InChI is InChI=1S/C21H25NO5/c1-14(2)27-21(24)16-6-5-7-17(13-16)22-20(23)11-9-15-8-10-18(25-3)19(12-15)26-4/h5-8,10,12-14H,9,11H2,1-4H3,(H,22,23). The molecule has 6 heteroatoms. The Morgan fingerprint density at radius 1 is 1.00 bits per heavy atom. The molecular formula is C21H25NO5. The number of ether oxygens (including phenoxy) is 3. The minimum atomic E-state index is -0.411. The smallest absolute Gasteiger partial charge is 0.338 e. The van der Waals surface area contributed by atoms with E-state index in [1.165, 1.54) is 0 Å². The minimum absolute atomic E-state index is 0.140. The van der Waals surface area contributed by atoms with Crippen molar-refractivity contribution in [3.63, 3.8) is 0 Å². The van der Waals surface area contributed by atoms with Gasteiger partial charge in [-0.2, -0.15) is 0 Å². The van der Waals surface area contributed by atoms with E-state index < -0.39 is 5.97 Å². The summed E-state index contributed by atoms with van der Waals surface area (Å²) in [4.78, 5) is 24.2. The number of aryl methyl sites for hydroxylation is 1. The first-order valence-electron chi connectivity index (χ1n) is 8.74. The first-order chi connectivity index (χ1) is 12.9. The Hall–Kier alpha value is -3.02. The number of amides is 1. The van der Waals surface area contributed by atoms with Crippen LogP contribution in [0.3, 0.4) is 0 Å². The molecule has 1 amide bonds. The van der Waals surface area contributed by atoms with Crippen LogP contribution in [-0.2, 0) is 16.0 Å². The molecule has 144 valence electrons. The molecule has 0 atom stereocenters. The van der Waals surface area contributed by atoms with Crippen molar-refractivity contribution in [1.82, 2.24) is 0 Å². The molecule has 2 aromatic rings. The van der Waals surface area contributed by atoms with E-state index in [4.69, 9.17) is 14.2 Å². The van der Waals surface area contributed by atoms with Crippen molar-refractivity contribution in [2.75, 3.05) is 19.5 Å². The fourth-order valence-corrected chi connectivity index (χ4v) is 2.52. The molecule has 27 heavy (non-hydrogen) atoms. The second kappa shape index (κ2) is 9.62. The number of nitrogens with one attached hydrogen (secondary N) is 1. The summed E-state index contributed by atoms with van der Waals surface area (Å²) in [6, 6.07) is 12.3. The summed E-state index contributed by atoms with van der Waals surface area (Å²) >= 11 is 0. The Balaban J connectivity index is 1.95. The van der Waals surface area contributed by atoms with E-state index in [1.54, 1.807) is 52.3 Å². The number of benzene rings is 2. The van der Waals surface area contributed by atoms with Crippen molar-refractivity contribution in [1.29, 1.82) is 0 Å². The van der Waals surface area contributed by atoms with Gasteiger partial charge in [-0.3, -0.25) is 4.79 Å². The lowest BCUT2D eigenvalue weighted by Crippen LogP contribution is -2.14. The normalized spacial score (nSPS) is 10.4. The van der Waals surface area contributed by atoms with Crippen molar-refractivity contribution in [3.05, 3.63) is 53.6 Å². The molecular weight excluding hydrogens is 346 g/mol. The average molecular weight is 371 g/mol. The molecule has 1 N–H and O–H groups in total. The van der Waals surface area contributed by atoms with Gasteiger partial charge in [-0.1, -0.05) is 12.1 Å². The van der Waals surface area contributed by atoms with Gasteiger partial charge in [-0.15, -0.1) is 0 Å². The lowest BCUT2D eigenvalue weighted by atomic mass is 10.1. The highest BCUT2D eigenvalue weighted by atomic mass is 16.5. The SMILES string of the molecule is COc1ccc(CCC(=O)Nc2cccc(C(=O)OC(C)C)c2)cc1OC. The van der Waals surface area contributed by atoms with Gasteiger partial charge in [0.2, 0.25) is 5.91 Å². The summed E-state index contributed by atoms with van der Waals surface area (Å²) in [7, 11) is 3.15. The van der Waals surface area contributed by atoms with E-state index >= 15 is 0 Å². The Bertz CT molecular complexity index is 801. The highest BCUT2D eigenvalue weighted by Gasteiger charge is 2.11. The summed E-state index contributed by atoms with van der Waals surface area (Å²) in [6.45, 7) is 3.58. The Labute approximate surface area is 159 Å². The van der Waals surface area contributed by atoms with Crippen LogP contribution in [0, 0.1) is 0 Å². The van der Waals surface area contributed by atoms with Crippen LogP contribution in [0.1, 0.15) is 36.2 Å². The van der Waals surface area contributed by atoms with Gasteiger partial charge in [0, 0.05) is 12.1 Å². The second-order valence-electron chi connectivity index (χ2n) is 6.27. The van der Waals surface area contributed by atoms with Crippen molar-refractivity contribution < 1.29 is 23.8 Å². The molecule has 0 fully saturated rings. The van der Waals surface area contributed by atoms with Gasteiger partial charge >= 0.3 is 5.97 Å². The van der Waals surface area contributed by atoms with Gasteiger partial charge in [0.1, 0.15) is 0 Å². The highest BCUT2D eigenvalue weighted by Crippen LogP contribution is 2.28. The highest BCUT2D eigenvalue weighted by molar-refractivity contribution is 5.94. The molecule has 6 nitrogen and oxygen atoms in total. The molecule has 0 saturated heterocycles. The molecule has 0 aromatic heterocycles. The molecule has 0 unspecified atom stereocenters. The number of carbonyl (C=O) groups is 2. The maximum atomic E-state index is 12.2. The summed E-state index contributed by atoms with van der Waals surface area (Å²) in [5.74, 6) is 0.730. The predicted molar refractivity (Wildman–Crippen MR) is 103 cm³/mol. The third kappa shape index (κ3) is 6.02. The lowest BCUT2D eigenvalue weighted by molar-refractivity contribution is -0.116. The monoisotopic (exact) mass is 371 g/mol. The van der Waals surface area contributed by atoms with Gasteiger partial charge < -0.3 is 19.5 Å². The van der Waals surface area contributed by atoms with E-state index in [-0.39, 0.29) is 12.0 Å². The van der Waals surface area contributed by atoms with Crippen LogP contribution in [0.5, 0.6) is 11.5 Å². The lowest BCUT2D eigenvalue weighted by Gasteiger charge is -2.11. The molecule has 0 heterocycles. The van der Waals surface area contributed by atoms with Gasteiger partial charge in [0.05, 0.1) is 25.9 Å². The molecule has 2 aromatic carbocycles. The fourth-order valence-electron chi connectivity index (χ4n) is 2.52. The van der Waals surface area contributed by atoms with Crippen LogP contribution in [0.2, 0.25) is 0 Å². The third-order valence-corrected chi connectivity index (χ3v) is 3.81. The van der Waals surface area contributed by atoms with Crippen LogP contribution < -0.4 is 14.8 Å². The molecule has 0 aliphatic heterocycles. The first-order valence-corrected chi connectivity index (χ1v) is 8.74. The van der Waals surface area contributed by atoms with Crippen molar-refractivity contribution in [3.8, 4) is 11.5 Å². The van der Waals surface area contributed by atoms with Gasteiger partial charge in [0.25, 0.3) is 0 Å². The number of methoxy groups -OCH3 is 2. The largest absolute Gasteiger partial charge is 0.493 e. The molecule has 2 rings (SSSR count). The van der Waals surface area contributed by atoms with Gasteiger partial charge in [0.15, 0.2) is 11.5 Å². The summed E-state index contributed by atoms with van der Waals surface area (Å²) < 4.78 is 15.6. The van der Waals surface area contributed by atoms with Crippen LogP contribution in [-0.4, -0.2) is 32.2 Å². The van der Waals surface area contributed by atoms with Gasteiger partial charge in [-0.25, -0.2) is 4.79 Å². The maximum Gasteiger partial charge on any atom is 0.338 e. The summed E-state index contributed by atoms with van der Waals surface area (Å²) in [5.41, 5.74) is 1.93. The average Bonchev–Trinajstić information content (AvgIpc) is 2.65. The Morgan fingerprint density at radius 2 is 1.74 bits per heavy atom. The van der Waals surface area contributed by atoms with E-state index in [2.05, 4.69) is 5.32 Å². The number of esters is 1. The zero-order valence-electron chi connectivity index (χ0n) is 16.1.